The molecule has 1 aromatic rings. The van der Waals surface area contributed by atoms with Crippen molar-refractivity contribution in [3.8, 4) is 0 Å². The van der Waals surface area contributed by atoms with Crippen LogP contribution in [0.2, 0.25) is 0 Å². The number of hydrogen-bond acceptors (Lipinski definition) is 7. The van der Waals surface area contributed by atoms with Gasteiger partial charge in [0.25, 0.3) is 0 Å². The largest absolute Gasteiger partial charge is 0.360 e. The minimum atomic E-state index is -3.92. The number of piperazine rings is 1. The summed E-state index contributed by atoms with van der Waals surface area (Å²) < 4.78 is 32.7. The van der Waals surface area contributed by atoms with Crippen LogP contribution in [-0.4, -0.2) is 91.4 Å². The van der Waals surface area contributed by atoms with Crippen molar-refractivity contribution in [2.45, 2.75) is 63.9 Å². The molecule has 10 nitrogen and oxygen atoms in total. The molecule has 0 aliphatic carbocycles. The molecule has 2 amide bonds. The fraction of sp³-hybridized carbons (Fsp3) is 0.750. The monoisotopic (exact) mass is 455 g/mol. The molecule has 0 saturated carbocycles. The lowest BCUT2D eigenvalue weighted by molar-refractivity contribution is -0.137. The number of aryl methyl sites for hydroxylation is 2. The van der Waals surface area contributed by atoms with Gasteiger partial charge < -0.3 is 14.3 Å². The first-order chi connectivity index (χ1) is 14.6. The highest BCUT2D eigenvalue weighted by Gasteiger charge is 2.32. The molecule has 0 bridgehead atoms. The molecule has 0 aromatic carbocycles. The second-order valence-corrected chi connectivity index (χ2v) is 10.2. The molecule has 2 atom stereocenters. The van der Waals surface area contributed by atoms with Crippen LogP contribution in [0.4, 0.5) is 0 Å². The summed E-state index contributed by atoms with van der Waals surface area (Å²) in [4.78, 5) is 31.1. The van der Waals surface area contributed by atoms with E-state index in [1.807, 2.05) is 4.90 Å². The van der Waals surface area contributed by atoms with Gasteiger partial charge in [-0.25, -0.2) is 8.42 Å². The Labute approximate surface area is 184 Å². The predicted molar refractivity (Wildman–Crippen MR) is 114 cm³/mol. The standard InChI is InChI=1S/C20H33N5O5S/c1-14-7-5-6-8-25(14)18(26)13-23-9-11-24(12-10-23)20(27)16(3)22-31(28,29)19-15(2)21-30-17(19)4/h14,16,22H,5-13H2,1-4H3/t14?,16-/m0/s1. The van der Waals surface area contributed by atoms with Crippen LogP contribution in [0.25, 0.3) is 0 Å². The van der Waals surface area contributed by atoms with E-state index in [2.05, 4.69) is 21.7 Å². The van der Waals surface area contributed by atoms with Crippen LogP contribution in [0.5, 0.6) is 0 Å². The summed E-state index contributed by atoms with van der Waals surface area (Å²) in [5, 5.41) is 3.67. The average molecular weight is 456 g/mol. The van der Waals surface area contributed by atoms with Gasteiger partial charge in [0.15, 0.2) is 5.76 Å². The number of sulfonamides is 1. The summed E-state index contributed by atoms with van der Waals surface area (Å²) in [5.41, 5.74) is 0.256. The van der Waals surface area contributed by atoms with E-state index >= 15 is 0 Å². The normalized spacial score (nSPS) is 21.9. The SMILES string of the molecule is Cc1noc(C)c1S(=O)(=O)N[C@@H](C)C(=O)N1CCN(CC(=O)N2CCCCC2C)CC1. The first-order valence-electron chi connectivity index (χ1n) is 10.9. The van der Waals surface area contributed by atoms with Crippen LogP contribution < -0.4 is 4.72 Å². The van der Waals surface area contributed by atoms with Gasteiger partial charge in [0, 0.05) is 38.8 Å². The molecule has 2 saturated heterocycles. The summed E-state index contributed by atoms with van der Waals surface area (Å²) >= 11 is 0. The molecular weight excluding hydrogens is 422 g/mol. The van der Waals surface area contributed by atoms with Crippen molar-refractivity contribution < 1.29 is 22.5 Å². The van der Waals surface area contributed by atoms with Crippen molar-refractivity contribution >= 4 is 21.8 Å². The fourth-order valence-corrected chi connectivity index (χ4v) is 5.88. The van der Waals surface area contributed by atoms with Crippen LogP contribution in [0.3, 0.4) is 0 Å². The molecule has 1 unspecified atom stereocenters. The number of aromatic nitrogens is 1. The number of nitrogens with zero attached hydrogens (tertiary/aromatic N) is 4. The van der Waals surface area contributed by atoms with Crippen LogP contribution >= 0.6 is 0 Å². The summed E-state index contributed by atoms with van der Waals surface area (Å²) in [6, 6.07) is -0.628. The van der Waals surface area contributed by atoms with E-state index in [1.165, 1.54) is 20.3 Å². The number of piperidine rings is 1. The number of carbonyl (C=O) groups is 2. The van der Waals surface area contributed by atoms with Crippen molar-refractivity contribution in [1.82, 2.24) is 24.6 Å². The van der Waals surface area contributed by atoms with Crippen molar-refractivity contribution in [2.24, 2.45) is 0 Å². The fourth-order valence-electron chi connectivity index (χ4n) is 4.35. The third kappa shape index (κ3) is 5.45. The van der Waals surface area contributed by atoms with Gasteiger partial charge in [-0.1, -0.05) is 5.16 Å². The molecule has 0 spiro atoms. The number of hydrogen-bond donors (Lipinski definition) is 1. The molecule has 1 N–H and O–H groups in total. The zero-order valence-electron chi connectivity index (χ0n) is 18.8. The van der Waals surface area contributed by atoms with Crippen LogP contribution in [0, 0.1) is 13.8 Å². The van der Waals surface area contributed by atoms with Gasteiger partial charge in [-0.05, 0) is 47.0 Å². The number of nitrogens with one attached hydrogen (secondary N) is 1. The number of rotatable bonds is 6. The molecule has 11 heteroatoms. The Morgan fingerprint density at radius 3 is 2.42 bits per heavy atom. The van der Waals surface area contributed by atoms with Gasteiger partial charge in [-0.2, -0.15) is 4.72 Å². The summed E-state index contributed by atoms with van der Waals surface area (Å²) in [6.07, 6.45) is 3.28. The van der Waals surface area contributed by atoms with E-state index in [4.69, 9.17) is 4.52 Å². The topological polar surface area (TPSA) is 116 Å². The molecule has 174 valence electrons. The zero-order valence-corrected chi connectivity index (χ0v) is 19.6. The lowest BCUT2D eigenvalue weighted by atomic mass is 10.0. The van der Waals surface area contributed by atoms with Gasteiger partial charge in [-0.3, -0.25) is 14.5 Å². The smallest absolute Gasteiger partial charge is 0.246 e. The summed E-state index contributed by atoms with van der Waals surface area (Å²) in [7, 11) is -3.92. The lowest BCUT2D eigenvalue weighted by Gasteiger charge is -2.38. The highest BCUT2D eigenvalue weighted by Crippen LogP contribution is 2.20. The van der Waals surface area contributed by atoms with E-state index in [-0.39, 0.29) is 34.2 Å². The molecule has 3 rings (SSSR count). The van der Waals surface area contributed by atoms with Gasteiger partial charge >= 0.3 is 0 Å². The van der Waals surface area contributed by atoms with Crippen molar-refractivity contribution in [2.75, 3.05) is 39.3 Å². The molecule has 2 aliphatic rings. The summed E-state index contributed by atoms with van der Waals surface area (Å²) in [5.74, 6) is 0.0458. The second-order valence-electron chi connectivity index (χ2n) is 8.53. The molecule has 31 heavy (non-hydrogen) atoms. The molecule has 0 radical (unpaired) electrons. The molecular formula is C20H33N5O5S. The quantitative estimate of drug-likeness (QED) is 0.664. The van der Waals surface area contributed by atoms with E-state index in [0.717, 1.165) is 19.4 Å². The summed E-state index contributed by atoms with van der Waals surface area (Å²) in [6.45, 7) is 9.96. The van der Waals surface area contributed by atoms with Crippen molar-refractivity contribution in [1.29, 1.82) is 0 Å². The Bertz CT molecular complexity index is 888. The van der Waals surface area contributed by atoms with Crippen LogP contribution in [-0.2, 0) is 19.6 Å². The Morgan fingerprint density at radius 1 is 1.16 bits per heavy atom. The number of amides is 2. The highest BCUT2D eigenvalue weighted by molar-refractivity contribution is 7.89. The minimum Gasteiger partial charge on any atom is -0.360 e. The minimum absolute atomic E-state index is 0.0255. The van der Waals surface area contributed by atoms with Crippen molar-refractivity contribution in [3.63, 3.8) is 0 Å². The molecule has 2 fully saturated rings. The van der Waals surface area contributed by atoms with Gasteiger partial charge in [0.2, 0.25) is 21.8 Å². The van der Waals surface area contributed by atoms with E-state index in [9.17, 15) is 18.0 Å². The maximum absolute atomic E-state index is 12.8. The van der Waals surface area contributed by atoms with Crippen LogP contribution in [0.15, 0.2) is 9.42 Å². The van der Waals surface area contributed by atoms with Gasteiger partial charge in [0.1, 0.15) is 10.6 Å². The average Bonchev–Trinajstić information content (AvgIpc) is 3.07. The number of likely N-dealkylation sites (tertiary alicyclic amines) is 1. The second kappa shape index (κ2) is 9.66. The Balaban J connectivity index is 1.51. The third-order valence-corrected chi connectivity index (χ3v) is 7.89. The van der Waals surface area contributed by atoms with E-state index in [1.54, 1.807) is 11.8 Å². The zero-order chi connectivity index (χ0) is 22.8. The predicted octanol–water partition coefficient (Wildman–Crippen LogP) is 0.503. The first kappa shape index (κ1) is 23.7. The first-order valence-corrected chi connectivity index (χ1v) is 12.3. The highest BCUT2D eigenvalue weighted by atomic mass is 32.2. The van der Waals surface area contributed by atoms with Crippen molar-refractivity contribution in [3.05, 3.63) is 11.5 Å². The number of carbonyl (C=O) groups excluding carboxylic acids is 2. The Morgan fingerprint density at radius 2 is 1.84 bits per heavy atom. The Kier molecular flexibility index (Phi) is 7.38. The third-order valence-electron chi connectivity index (χ3n) is 6.11. The Hall–Kier alpha value is -1.98. The molecule has 3 heterocycles. The van der Waals surface area contributed by atoms with E-state index in [0.29, 0.717) is 32.7 Å². The van der Waals surface area contributed by atoms with Gasteiger partial charge in [-0.15, -0.1) is 0 Å². The maximum Gasteiger partial charge on any atom is 0.246 e. The van der Waals surface area contributed by atoms with Crippen LogP contribution in [0.1, 0.15) is 44.6 Å². The van der Waals surface area contributed by atoms with E-state index < -0.39 is 16.1 Å². The van der Waals surface area contributed by atoms with Gasteiger partial charge in [0.05, 0.1) is 12.6 Å². The maximum atomic E-state index is 12.8. The molecule has 2 aliphatic heterocycles. The lowest BCUT2D eigenvalue weighted by Crippen LogP contribution is -2.56. The molecule has 1 aromatic heterocycles.